The maximum atomic E-state index is 11.8. The Morgan fingerprint density at radius 3 is 2.41 bits per heavy atom. The second-order valence-corrected chi connectivity index (χ2v) is 5.15. The minimum absolute atomic E-state index is 0.181. The molecule has 0 aromatic heterocycles. The van der Waals surface area contributed by atoms with Crippen LogP contribution >= 0.6 is 23.2 Å². The molecule has 4 nitrogen and oxygen atoms in total. The van der Waals surface area contributed by atoms with Gasteiger partial charge in [0.25, 0.3) is 0 Å². The Labute approximate surface area is 109 Å². The molecule has 1 fully saturated rings. The van der Waals surface area contributed by atoms with Crippen molar-refractivity contribution in [2.75, 3.05) is 4.90 Å². The van der Waals surface area contributed by atoms with Crippen molar-refractivity contribution in [1.29, 1.82) is 5.41 Å². The second kappa shape index (κ2) is 3.89. The van der Waals surface area contributed by atoms with Gasteiger partial charge in [-0.15, -0.1) is 0 Å². The van der Waals surface area contributed by atoms with E-state index in [4.69, 9.17) is 28.6 Å². The van der Waals surface area contributed by atoms with Crippen molar-refractivity contribution >= 4 is 40.8 Å². The predicted octanol–water partition coefficient (Wildman–Crippen LogP) is 3.28. The molecule has 17 heavy (non-hydrogen) atoms. The van der Waals surface area contributed by atoms with Crippen LogP contribution in [-0.2, 0) is 0 Å². The third-order valence-electron chi connectivity index (χ3n) is 2.60. The van der Waals surface area contributed by atoms with E-state index < -0.39 is 5.54 Å². The SMILES string of the molecule is CC1(C)NC(=O)N(c2ccc(Cl)c(Cl)c2)C1=N. The first kappa shape index (κ1) is 12.2. The number of benzene rings is 1. The van der Waals surface area contributed by atoms with Gasteiger partial charge in [-0.05, 0) is 32.0 Å². The Kier molecular flexibility index (Phi) is 2.79. The zero-order chi connectivity index (χ0) is 12.8. The van der Waals surface area contributed by atoms with Gasteiger partial charge >= 0.3 is 6.03 Å². The van der Waals surface area contributed by atoms with Crippen LogP contribution in [0.2, 0.25) is 10.0 Å². The van der Waals surface area contributed by atoms with Crippen molar-refractivity contribution in [3.63, 3.8) is 0 Å². The number of amidine groups is 1. The van der Waals surface area contributed by atoms with Crippen molar-refractivity contribution in [3.05, 3.63) is 28.2 Å². The van der Waals surface area contributed by atoms with E-state index in [0.717, 1.165) is 0 Å². The largest absolute Gasteiger partial charge is 0.328 e. The van der Waals surface area contributed by atoms with Crippen LogP contribution in [0.15, 0.2) is 18.2 Å². The second-order valence-electron chi connectivity index (χ2n) is 4.34. The summed E-state index contributed by atoms with van der Waals surface area (Å²) in [4.78, 5) is 13.1. The number of anilines is 1. The molecule has 0 spiro atoms. The molecule has 0 aliphatic carbocycles. The van der Waals surface area contributed by atoms with Crippen LogP contribution in [0.1, 0.15) is 13.8 Å². The summed E-state index contributed by atoms with van der Waals surface area (Å²) in [6, 6.07) is 4.49. The molecule has 2 N–H and O–H groups in total. The van der Waals surface area contributed by atoms with E-state index in [1.807, 2.05) is 0 Å². The summed E-state index contributed by atoms with van der Waals surface area (Å²) in [5, 5.41) is 11.5. The average Bonchev–Trinajstić information content (AvgIpc) is 2.42. The molecule has 90 valence electrons. The lowest BCUT2D eigenvalue weighted by molar-refractivity contribution is 0.249. The van der Waals surface area contributed by atoms with Gasteiger partial charge in [-0.2, -0.15) is 0 Å². The van der Waals surface area contributed by atoms with Crippen molar-refractivity contribution in [3.8, 4) is 0 Å². The van der Waals surface area contributed by atoms with Crippen LogP contribution in [0.3, 0.4) is 0 Å². The van der Waals surface area contributed by atoms with Crippen molar-refractivity contribution < 1.29 is 4.79 Å². The van der Waals surface area contributed by atoms with Gasteiger partial charge in [0.15, 0.2) is 0 Å². The molecule has 2 amide bonds. The summed E-state index contributed by atoms with van der Waals surface area (Å²) in [6.07, 6.45) is 0. The van der Waals surface area contributed by atoms with E-state index in [1.54, 1.807) is 32.0 Å². The Bertz CT molecular complexity index is 513. The molecule has 0 radical (unpaired) electrons. The monoisotopic (exact) mass is 271 g/mol. The Morgan fingerprint density at radius 1 is 1.29 bits per heavy atom. The smallest absolute Gasteiger partial charge is 0.325 e. The topological polar surface area (TPSA) is 56.2 Å². The third kappa shape index (κ3) is 1.98. The van der Waals surface area contributed by atoms with Gasteiger partial charge in [0.2, 0.25) is 0 Å². The van der Waals surface area contributed by atoms with E-state index >= 15 is 0 Å². The highest BCUT2D eigenvalue weighted by molar-refractivity contribution is 6.42. The summed E-state index contributed by atoms with van der Waals surface area (Å²) in [7, 11) is 0. The van der Waals surface area contributed by atoms with Crippen molar-refractivity contribution in [2.24, 2.45) is 0 Å². The highest BCUT2D eigenvalue weighted by Gasteiger charge is 2.41. The number of amides is 2. The van der Waals surface area contributed by atoms with Gasteiger partial charge in [-0.3, -0.25) is 5.41 Å². The number of nitrogens with one attached hydrogen (secondary N) is 2. The summed E-state index contributed by atoms with van der Waals surface area (Å²) in [5.41, 5.74) is -0.143. The Morgan fingerprint density at radius 2 is 1.94 bits per heavy atom. The average molecular weight is 272 g/mol. The molecule has 1 heterocycles. The summed E-state index contributed by atoms with van der Waals surface area (Å²) in [5.74, 6) is 0.181. The van der Waals surface area contributed by atoms with Gasteiger partial charge in [-0.1, -0.05) is 23.2 Å². The Balaban J connectivity index is 2.44. The lowest BCUT2D eigenvalue weighted by Gasteiger charge is -2.19. The highest BCUT2D eigenvalue weighted by Crippen LogP contribution is 2.30. The van der Waals surface area contributed by atoms with Crippen molar-refractivity contribution in [1.82, 2.24) is 5.32 Å². The standard InChI is InChI=1S/C11H11Cl2N3O/c1-11(2)9(14)16(10(17)15-11)6-3-4-7(12)8(13)5-6/h3-5,14H,1-2H3,(H,15,17). The van der Waals surface area contributed by atoms with Gasteiger partial charge in [0.05, 0.1) is 21.3 Å². The number of hydrogen-bond acceptors (Lipinski definition) is 2. The van der Waals surface area contributed by atoms with Crippen LogP contribution in [0.5, 0.6) is 0 Å². The normalized spacial score (nSPS) is 18.5. The van der Waals surface area contributed by atoms with Gasteiger partial charge in [-0.25, -0.2) is 9.69 Å². The maximum absolute atomic E-state index is 11.8. The molecular formula is C11H11Cl2N3O. The fourth-order valence-electron chi connectivity index (χ4n) is 1.63. The summed E-state index contributed by atoms with van der Waals surface area (Å²) >= 11 is 11.7. The number of carbonyl (C=O) groups is 1. The van der Waals surface area contributed by atoms with Crippen LogP contribution in [0.25, 0.3) is 0 Å². The van der Waals surface area contributed by atoms with Crippen LogP contribution in [-0.4, -0.2) is 17.4 Å². The van der Waals surface area contributed by atoms with Gasteiger partial charge in [0, 0.05) is 0 Å². The van der Waals surface area contributed by atoms with E-state index in [2.05, 4.69) is 5.32 Å². The van der Waals surface area contributed by atoms with Gasteiger partial charge in [0.1, 0.15) is 5.84 Å². The molecular weight excluding hydrogens is 261 g/mol. The zero-order valence-electron chi connectivity index (χ0n) is 9.34. The number of rotatable bonds is 1. The minimum Gasteiger partial charge on any atom is -0.325 e. The lowest BCUT2D eigenvalue weighted by atomic mass is 10.1. The third-order valence-corrected chi connectivity index (χ3v) is 3.34. The van der Waals surface area contributed by atoms with E-state index in [-0.39, 0.29) is 11.9 Å². The number of hydrogen-bond donors (Lipinski definition) is 2. The predicted molar refractivity (Wildman–Crippen MR) is 69.3 cm³/mol. The fraction of sp³-hybridized carbons (Fsp3) is 0.273. The molecule has 1 saturated heterocycles. The van der Waals surface area contributed by atoms with Crippen molar-refractivity contribution in [2.45, 2.75) is 19.4 Å². The van der Waals surface area contributed by atoms with E-state index in [1.165, 1.54) is 4.90 Å². The molecule has 0 saturated carbocycles. The lowest BCUT2D eigenvalue weighted by Crippen LogP contribution is -2.39. The Hall–Kier alpha value is -1.26. The molecule has 1 aliphatic heterocycles. The molecule has 1 aromatic carbocycles. The number of halogens is 2. The molecule has 1 aromatic rings. The first-order chi connectivity index (χ1) is 7.83. The summed E-state index contributed by atoms with van der Waals surface area (Å²) in [6.45, 7) is 3.54. The zero-order valence-corrected chi connectivity index (χ0v) is 10.9. The van der Waals surface area contributed by atoms with E-state index in [9.17, 15) is 4.79 Å². The highest BCUT2D eigenvalue weighted by atomic mass is 35.5. The van der Waals surface area contributed by atoms with Crippen LogP contribution < -0.4 is 10.2 Å². The molecule has 1 aliphatic rings. The first-order valence-electron chi connectivity index (χ1n) is 4.99. The minimum atomic E-state index is -0.677. The number of nitrogens with zero attached hydrogens (tertiary/aromatic N) is 1. The summed E-state index contributed by atoms with van der Waals surface area (Å²) < 4.78 is 0. The molecule has 2 rings (SSSR count). The van der Waals surface area contributed by atoms with Gasteiger partial charge < -0.3 is 5.32 Å². The fourth-order valence-corrected chi connectivity index (χ4v) is 1.93. The van der Waals surface area contributed by atoms with Crippen LogP contribution in [0.4, 0.5) is 10.5 Å². The molecule has 6 heteroatoms. The van der Waals surface area contributed by atoms with Crippen LogP contribution in [0, 0.1) is 5.41 Å². The maximum Gasteiger partial charge on any atom is 0.328 e. The molecule has 0 unspecified atom stereocenters. The molecule has 0 atom stereocenters. The first-order valence-corrected chi connectivity index (χ1v) is 5.75. The molecule has 0 bridgehead atoms. The quantitative estimate of drug-likeness (QED) is 0.809. The van der Waals surface area contributed by atoms with E-state index in [0.29, 0.717) is 15.7 Å². The number of carbonyl (C=O) groups excluding carboxylic acids is 1. The number of urea groups is 1.